The molecule has 0 rings (SSSR count). The van der Waals surface area contributed by atoms with E-state index in [9.17, 15) is 14.4 Å². The zero-order valence-electron chi connectivity index (χ0n) is 33.9. The van der Waals surface area contributed by atoms with Crippen molar-refractivity contribution in [2.24, 2.45) is 5.92 Å². The number of carbonyl (C=O) groups is 3. The number of unbranched alkanes of at least 4 members (excludes halogenated alkanes) is 26. The molecule has 0 bridgehead atoms. The lowest BCUT2D eigenvalue weighted by molar-refractivity contribution is -0.167. The molecule has 0 aromatic carbocycles. The molecule has 296 valence electrons. The Labute approximate surface area is 310 Å². The molecule has 0 spiro atoms. The summed E-state index contributed by atoms with van der Waals surface area (Å²) in [5.74, 6) is -0.0325. The Morgan fingerprint density at radius 3 is 0.980 bits per heavy atom. The van der Waals surface area contributed by atoms with Crippen LogP contribution in [-0.2, 0) is 28.6 Å². The molecule has 0 heterocycles. The topological polar surface area (TPSA) is 78.9 Å². The van der Waals surface area contributed by atoms with Gasteiger partial charge >= 0.3 is 17.9 Å². The molecule has 0 saturated carbocycles. The monoisotopic (exact) mass is 709 g/mol. The standard InChI is InChI=1S/C44H84O6/c1-5-7-9-11-12-13-17-21-24-28-32-36-43(46)49-39-41(38-48-42(45)35-31-26-10-8-6-2)50-44(47)37-33-29-25-22-19-16-14-15-18-20-23-27-30-34-40(3)4/h40-41H,5-39H2,1-4H3/t41-/m1/s1. The van der Waals surface area contributed by atoms with Crippen LogP contribution in [0.4, 0.5) is 0 Å². The third-order valence-electron chi connectivity index (χ3n) is 9.79. The van der Waals surface area contributed by atoms with Crippen molar-refractivity contribution in [2.45, 2.75) is 246 Å². The Morgan fingerprint density at radius 2 is 0.660 bits per heavy atom. The van der Waals surface area contributed by atoms with Crippen molar-refractivity contribution in [3.05, 3.63) is 0 Å². The molecule has 0 unspecified atom stereocenters. The minimum Gasteiger partial charge on any atom is -0.462 e. The second-order valence-electron chi connectivity index (χ2n) is 15.5. The number of carbonyl (C=O) groups excluding carboxylic acids is 3. The first-order valence-electron chi connectivity index (χ1n) is 21.9. The molecule has 0 aromatic heterocycles. The lowest BCUT2D eigenvalue weighted by atomic mass is 10.0. The van der Waals surface area contributed by atoms with E-state index in [0.717, 1.165) is 70.1 Å². The second-order valence-corrected chi connectivity index (χ2v) is 15.5. The summed E-state index contributed by atoms with van der Waals surface area (Å²) in [6.45, 7) is 8.91. The molecule has 6 nitrogen and oxygen atoms in total. The van der Waals surface area contributed by atoms with Crippen LogP contribution in [0.15, 0.2) is 0 Å². The highest BCUT2D eigenvalue weighted by atomic mass is 16.6. The van der Waals surface area contributed by atoms with Gasteiger partial charge in [0.25, 0.3) is 0 Å². The van der Waals surface area contributed by atoms with Crippen LogP contribution in [0.3, 0.4) is 0 Å². The quantitative estimate of drug-likeness (QED) is 0.0359. The van der Waals surface area contributed by atoms with Crippen LogP contribution in [0.2, 0.25) is 0 Å². The third kappa shape index (κ3) is 37.7. The molecule has 0 amide bonds. The maximum absolute atomic E-state index is 12.6. The fraction of sp³-hybridized carbons (Fsp3) is 0.932. The van der Waals surface area contributed by atoms with E-state index in [1.165, 1.54) is 128 Å². The van der Waals surface area contributed by atoms with Gasteiger partial charge in [-0.1, -0.05) is 201 Å². The van der Waals surface area contributed by atoms with E-state index >= 15 is 0 Å². The summed E-state index contributed by atoms with van der Waals surface area (Å²) in [4.78, 5) is 37.4. The highest BCUT2D eigenvalue weighted by molar-refractivity contribution is 5.71. The number of ether oxygens (including phenoxy) is 3. The minimum atomic E-state index is -0.757. The van der Waals surface area contributed by atoms with Crippen LogP contribution in [0, 0.1) is 5.92 Å². The van der Waals surface area contributed by atoms with Crippen molar-refractivity contribution in [1.29, 1.82) is 0 Å². The van der Waals surface area contributed by atoms with E-state index in [1.54, 1.807) is 0 Å². The molecule has 0 aliphatic rings. The largest absolute Gasteiger partial charge is 0.462 e. The maximum Gasteiger partial charge on any atom is 0.306 e. The summed E-state index contributed by atoms with van der Waals surface area (Å²) in [6.07, 6.45) is 36.8. The predicted octanol–water partition coefficient (Wildman–Crippen LogP) is 13.6. The molecule has 6 heteroatoms. The lowest BCUT2D eigenvalue weighted by Crippen LogP contribution is -2.30. The molecule has 0 saturated heterocycles. The number of rotatable bonds is 39. The molecular formula is C44H84O6. The van der Waals surface area contributed by atoms with Crippen molar-refractivity contribution in [2.75, 3.05) is 13.2 Å². The van der Waals surface area contributed by atoms with E-state index < -0.39 is 6.10 Å². The number of esters is 3. The third-order valence-corrected chi connectivity index (χ3v) is 9.79. The van der Waals surface area contributed by atoms with E-state index in [-0.39, 0.29) is 31.1 Å². The van der Waals surface area contributed by atoms with Crippen molar-refractivity contribution in [3.63, 3.8) is 0 Å². The lowest BCUT2D eigenvalue weighted by Gasteiger charge is -2.18. The van der Waals surface area contributed by atoms with Crippen molar-refractivity contribution in [3.8, 4) is 0 Å². The zero-order chi connectivity index (χ0) is 36.8. The van der Waals surface area contributed by atoms with Gasteiger partial charge in [-0.15, -0.1) is 0 Å². The van der Waals surface area contributed by atoms with E-state index in [1.807, 2.05) is 0 Å². The van der Waals surface area contributed by atoms with E-state index in [2.05, 4.69) is 27.7 Å². The fourth-order valence-electron chi connectivity index (χ4n) is 6.45. The average molecular weight is 709 g/mol. The predicted molar refractivity (Wildman–Crippen MR) is 210 cm³/mol. The summed E-state index contributed by atoms with van der Waals surface area (Å²) in [6, 6.07) is 0. The first-order valence-corrected chi connectivity index (χ1v) is 21.9. The van der Waals surface area contributed by atoms with Gasteiger partial charge in [-0.25, -0.2) is 0 Å². The second kappa shape index (κ2) is 38.6. The van der Waals surface area contributed by atoms with Gasteiger partial charge in [0.2, 0.25) is 0 Å². The summed E-state index contributed by atoms with van der Waals surface area (Å²) >= 11 is 0. The summed E-state index contributed by atoms with van der Waals surface area (Å²) < 4.78 is 16.6. The Morgan fingerprint density at radius 1 is 0.380 bits per heavy atom. The van der Waals surface area contributed by atoms with Gasteiger partial charge in [-0.3, -0.25) is 14.4 Å². The average Bonchev–Trinajstić information content (AvgIpc) is 3.09. The van der Waals surface area contributed by atoms with E-state index in [4.69, 9.17) is 14.2 Å². The van der Waals surface area contributed by atoms with Gasteiger partial charge in [0.05, 0.1) is 0 Å². The first-order chi connectivity index (χ1) is 24.4. The smallest absolute Gasteiger partial charge is 0.306 e. The van der Waals surface area contributed by atoms with Gasteiger partial charge in [-0.05, 0) is 25.2 Å². The van der Waals surface area contributed by atoms with Gasteiger partial charge in [0, 0.05) is 19.3 Å². The summed E-state index contributed by atoms with van der Waals surface area (Å²) in [5, 5.41) is 0. The van der Waals surface area contributed by atoms with Gasteiger partial charge < -0.3 is 14.2 Å². The van der Waals surface area contributed by atoms with Crippen molar-refractivity contribution >= 4 is 17.9 Å². The van der Waals surface area contributed by atoms with Crippen LogP contribution >= 0.6 is 0 Å². The minimum absolute atomic E-state index is 0.0650. The van der Waals surface area contributed by atoms with Crippen LogP contribution in [0.25, 0.3) is 0 Å². The van der Waals surface area contributed by atoms with Gasteiger partial charge in [0.15, 0.2) is 6.10 Å². The molecular weight excluding hydrogens is 624 g/mol. The molecule has 0 N–H and O–H groups in total. The molecule has 50 heavy (non-hydrogen) atoms. The van der Waals surface area contributed by atoms with Gasteiger partial charge in [-0.2, -0.15) is 0 Å². The number of hydrogen-bond acceptors (Lipinski definition) is 6. The fourth-order valence-corrected chi connectivity index (χ4v) is 6.45. The normalized spacial score (nSPS) is 11.9. The van der Waals surface area contributed by atoms with Crippen LogP contribution < -0.4 is 0 Å². The zero-order valence-corrected chi connectivity index (χ0v) is 33.9. The first kappa shape index (κ1) is 48.4. The summed E-state index contributed by atoms with van der Waals surface area (Å²) in [5.41, 5.74) is 0. The highest BCUT2D eigenvalue weighted by Gasteiger charge is 2.19. The molecule has 0 fully saturated rings. The Bertz CT molecular complexity index is 751. The SMILES string of the molecule is CCCCCCCCCCCCCC(=O)OC[C@@H](COC(=O)CCCCCCC)OC(=O)CCCCCCCCCCCCCCCC(C)C. The summed E-state index contributed by atoms with van der Waals surface area (Å²) in [7, 11) is 0. The Balaban J connectivity index is 4.19. The molecule has 0 aliphatic heterocycles. The number of hydrogen-bond donors (Lipinski definition) is 0. The van der Waals surface area contributed by atoms with Crippen molar-refractivity contribution in [1.82, 2.24) is 0 Å². The maximum atomic E-state index is 12.6. The molecule has 0 radical (unpaired) electrons. The van der Waals surface area contributed by atoms with E-state index in [0.29, 0.717) is 19.3 Å². The Kier molecular flexibility index (Phi) is 37.4. The van der Waals surface area contributed by atoms with Crippen LogP contribution in [-0.4, -0.2) is 37.2 Å². The van der Waals surface area contributed by atoms with Crippen LogP contribution in [0.5, 0.6) is 0 Å². The Hall–Kier alpha value is -1.59. The highest BCUT2D eigenvalue weighted by Crippen LogP contribution is 2.16. The molecule has 1 atom stereocenters. The van der Waals surface area contributed by atoms with Crippen LogP contribution in [0.1, 0.15) is 240 Å². The van der Waals surface area contributed by atoms with Crippen molar-refractivity contribution < 1.29 is 28.6 Å². The van der Waals surface area contributed by atoms with Gasteiger partial charge in [0.1, 0.15) is 13.2 Å². The molecule has 0 aliphatic carbocycles. The molecule has 0 aromatic rings.